The Balaban J connectivity index is 2.14. The standard InChI is InChI=1S/C10H15N3O2S/c11-10-6-5-9(7-12-10)16(14,15)13-8-3-1-2-4-8/h5-8,13H,1-4H2,(H2,11,12). The van der Waals surface area contributed by atoms with Crippen molar-refractivity contribution in [1.29, 1.82) is 0 Å². The number of nitrogens with one attached hydrogen (secondary N) is 1. The summed E-state index contributed by atoms with van der Waals surface area (Å²) in [5.41, 5.74) is 5.41. The molecule has 1 fully saturated rings. The van der Waals surface area contributed by atoms with E-state index in [0.29, 0.717) is 5.82 Å². The van der Waals surface area contributed by atoms with E-state index in [2.05, 4.69) is 9.71 Å². The van der Waals surface area contributed by atoms with Crippen LogP contribution in [-0.4, -0.2) is 19.4 Å². The Morgan fingerprint density at radius 3 is 2.56 bits per heavy atom. The second-order valence-electron chi connectivity index (χ2n) is 4.02. The van der Waals surface area contributed by atoms with E-state index >= 15 is 0 Å². The van der Waals surface area contributed by atoms with Crippen LogP contribution in [0.15, 0.2) is 23.2 Å². The number of hydrogen-bond donors (Lipinski definition) is 2. The van der Waals surface area contributed by atoms with Gasteiger partial charge < -0.3 is 5.73 Å². The molecular formula is C10H15N3O2S. The highest BCUT2D eigenvalue weighted by Crippen LogP contribution is 2.20. The van der Waals surface area contributed by atoms with Crippen LogP contribution in [0.5, 0.6) is 0 Å². The molecule has 0 saturated heterocycles. The summed E-state index contributed by atoms with van der Waals surface area (Å²) in [6.45, 7) is 0. The minimum absolute atomic E-state index is 0.0718. The number of nitrogens with two attached hydrogens (primary N) is 1. The van der Waals surface area contributed by atoms with E-state index in [4.69, 9.17) is 5.73 Å². The molecule has 0 atom stereocenters. The topological polar surface area (TPSA) is 85.1 Å². The number of hydrogen-bond acceptors (Lipinski definition) is 4. The number of aromatic nitrogens is 1. The zero-order chi connectivity index (χ0) is 11.6. The Morgan fingerprint density at radius 2 is 2.00 bits per heavy atom. The van der Waals surface area contributed by atoms with Gasteiger partial charge in [-0.25, -0.2) is 18.1 Å². The molecule has 0 spiro atoms. The maximum absolute atomic E-state index is 11.9. The van der Waals surface area contributed by atoms with Gasteiger partial charge in [-0.2, -0.15) is 0 Å². The predicted octanol–water partition coefficient (Wildman–Crippen LogP) is 0.885. The van der Waals surface area contributed by atoms with Gasteiger partial charge in [-0.15, -0.1) is 0 Å². The molecule has 16 heavy (non-hydrogen) atoms. The van der Waals surface area contributed by atoms with Crippen molar-refractivity contribution in [3.05, 3.63) is 18.3 Å². The quantitative estimate of drug-likeness (QED) is 0.822. The highest BCUT2D eigenvalue weighted by Gasteiger charge is 2.22. The Labute approximate surface area is 95.1 Å². The predicted molar refractivity (Wildman–Crippen MR) is 61.2 cm³/mol. The van der Waals surface area contributed by atoms with E-state index in [0.717, 1.165) is 25.7 Å². The van der Waals surface area contributed by atoms with E-state index in [1.165, 1.54) is 18.3 Å². The van der Waals surface area contributed by atoms with Gasteiger partial charge in [0.05, 0.1) is 0 Å². The minimum Gasteiger partial charge on any atom is -0.384 e. The molecule has 0 bridgehead atoms. The van der Waals surface area contributed by atoms with Gasteiger partial charge in [-0.1, -0.05) is 12.8 Å². The second kappa shape index (κ2) is 4.39. The van der Waals surface area contributed by atoms with Gasteiger partial charge >= 0.3 is 0 Å². The van der Waals surface area contributed by atoms with Gasteiger partial charge in [0.1, 0.15) is 10.7 Å². The summed E-state index contributed by atoms with van der Waals surface area (Å²) in [6.07, 6.45) is 5.30. The Kier molecular flexibility index (Phi) is 3.11. The molecule has 0 aliphatic heterocycles. The van der Waals surface area contributed by atoms with Crippen LogP contribution in [0.25, 0.3) is 0 Å². The van der Waals surface area contributed by atoms with Gasteiger partial charge in [0.2, 0.25) is 10.0 Å². The fraction of sp³-hybridized carbons (Fsp3) is 0.500. The van der Waals surface area contributed by atoms with Crippen molar-refractivity contribution in [1.82, 2.24) is 9.71 Å². The first-order valence-corrected chi connectivity index (χ1v) is 6.80. The lowest BCUT2D eigenvalue weighted by molar-refractivity contribution is 0.552. The maximum Gasteiger partial charge on any atom is 0.242 e. The number of rotatable bonds is 3. The van der Waals surface area contributed by atoms with Crippen LogP contribution in [0.3, 0.4) is 0 Å². The van der Waals surface area contributed by atoms with Crippen LogP contribution in [0.4, 0.5) is 5.82 Å². The molecule has 1 aliphatic carbocycles. The highest BCUT2D eigenvalue weighted by atomic mass is 32.2. The first-order chi connectivity index (χ1) is 7.58. The third-order valence-corrected chi connectivity index (χ3v) is 4.25. The first-order valence-electron chi connectivity index (χ1n) is 5.32. The molecule has 3 N–H and O–H groups in total. The van der Waals surface area contributed by atoms with Crippen molar-refractivity contribution in [2.75, 3.05) is 5.73 Å². The number of pyridine rings is 1. The van der Waals surface area contributed by atoms with Crippen molar-refractivity contribution >= 4 is 15.8 Å². The lowest BCUT2D eigenvalue weighted by atomic mass is 10.3. The molecular weight excluding hydrogens is 226 g/mol. The molecule has 0 unspecified atom stereocenters. The summed E-state index contributed by atoms with van der Waals surface area (Å²) in [5, 5.41) is 0. The van der Waals surface area contributed by atoms with Gasteiger partial charge in [0.25, 0.3) is 0 Å². The average molecular weight is 241 g/mol. The summed E-state index contributed by atoms with van der Waals surface area (Å²) in [4.78, 5) is 3.95. The number of nitrogen functional groups attached to an aromatic ring is 1. The Hall–Kier alpha value is -1.14. The molecule has 0 aromatic carbocycles. The smallest absolute Gasteiger partial charge is 0.242 e. The van der Waals surface area contributed by atoms with Crippen molar-refractivity contribution in [3.8, 4) is 0 Å². The Morgan fingerprint density at radius 1 is 1.31 bits per heavy atom. The van der Waals surface area contributed by atoms with E-state index in [9.17, 15) is 8.42 Å². The van der Waals surface area contributed by atoms with Crippen LogP contribution < -0.4 is 10.5 Å². The summed E-state index contributed by atoms with van der Waals surface area (Å²) in [6, 6.07) is 3.03. The van der Waals surface area contributed by atoms with Crippen molar-refractivity contribution in [3.63, 3.8) is 0 Å². The van der Waals surface area contributed by atoms with E-state index in [1.54, 1.807) is 0 Å². The third-order valence-electron chi connectivity index (χ3n) is 2.75. The molecule has 88 valence electrons. The van der Waals surface area contributed by atoms with Gasteiger partial charge in [-0.05, 0) is 25.0 Å². The van der Waals surface area contributed by atoms with E-state index in [-0.39, 0.29) is 10.9 Å². The SMILES string of the molecule is Nc1ccc(S(=O)(=O)NC2CCCC2)cn1. The average Bonchev–Trinajstić information content (AvgIpc) is 2.70. The van der Waals surface area contributed by atoms with Gasteiger partial charge in [0, 0.05) is 12.2 Å². The second-order valence-corrected chi connectivity index (χ2v) is 5.74. The van der Waals surface area contributed by atoms with Crippen molar-refractivity contribution in [2.45, 2.75) is 36.6 Å². The monoisotopic (exact) mass is 241 g/mol. The Bertz CT molecular complexity index is 449. The van der Waals surface area contributed by atoms with Crippen molar-refractivity contribution in [2.24, 2.45) is 0 Å². The lowest BCUT2D eigenvalue weighted by Gasteiger charge is -2.12. The summed E-state index contributed by atoms with van der Waals surface area (Å²) < 4.78 is 26.5. The zero-order valence-electron chi connectivity index (χ0n) is 8.89. The summed E-state index contributed by atoms with van der Waals surface area (Å²) in [7, 11) is -3.43. The number of anilines is 1. The number of nitrogens with zero attached hydrogens (tertiary/aromatic N) is 1. The van der Waals surface area contributed by atoms with Crippen LogP contribution in [-0.2, 0) is 10.0 Å². The molecule has 5 nitrogen and oxygen atoms in total. The fourth-order valence-corrected chi connectivity index (χ4v) is 3.13. The fourth-order valence-electron chi connectivity index (χ4n) is 1.88. The number of sulfonamides is 1. The molecule has 1 heterocycles. The molecule has 1 aromatic heterocycles. The summed E-state index contributed by atoms with van der Waals surface area (Å²) in [5.74, 6) is 0.319. The van der Waals surface area contributed by atoms with Crippen LogP contribution in [0, 0.1) is 0 Å². The van der Waals surface area contributed by atoms with E-state index < -0.39 is 10.0 Å². The normalized spacial score (nSPS) is 17.8. The lowest BCUT2D eigenvalue weighted by Crippen LogP contribution is -2.32. The van der Waals surface area contributed by atoms with Crippen molar-refractivity contribution < 1.29 is 8.42 Å². The summed E-state index contributed by atoms with van der Waals surface area (Å²) >= 11 is 0. The molecule has 2 rings (SSSR count). The minimum atomic E-state index is -3.43. The molecule has 1 aliphatic rings. The molecule has 6 heteroatoms. The molecule has 1 aromatic rings. The molecule has 0 amide bonds. The van der Waals surface area contributed by atoms with Crippen LogP contribution in [0.2, 0.25) is 0 Å². The largest absolute Gasteiger partial charge is 0.384 e. The molecule has 0 radical (unpaired) electrons. The third kappa shape index (κ3) is 2.51. The highest BCUT2D eigenvalue weighted by molar-refractivity contribution is 7.89. The van der Waals surface area contributed by atoms with E-state index in [1.807, 2.05) is 0 Å². The van der Waals surface area contributed by atoms with Gasteiger partial charge in [-0.3, -0.25) is 0 Å². The first kappa shape index (κ1) is 11.3. The van der Waals surface area contributed by atoms with Crippen LogP contribution >= 0.6 is 0 Å². The molecule has 1 saturated carbocycles. The van der Waals surface area contributed by atoms with Gasteiger partial charge in [0.15, 0.2) is 0 Å². The maximum atomic E-state index is 11.9. The zero-order valence-corrected chi connectivity index (χ0v) is 9.70. The van der Waals surface area contributed by atoms with Crippen LogP contribution in [0.1, 0.15) is 25.7 Å².